The van der Waals surface area contributed by atoms with Crippen molar-refractivity contribution in [3.8, 4) is 0 Å². The number of aliphatic carboxylic acids is 2. The molecule has 4 atom stereocenters. The van der Waals surface area contributed by atoms with Crippen molar-refractivity contribution in [2.45, 2.75) is 50.9 Å². The van der Waals surface area contributed by atoms with Crippen LogP contribution in [0.4, 0.5) is 0 Å². The Morgan fingerprint density at radius 2 is 1.59 bits per heavy atom. The van der Waals surface area contributed by atoms with Crippen LogP contribution in [0.1, 0.15) is 26.7 Å². The van der Waals surface area contributed by atoms with Crippen LogP contribution in [0.3, 0.4) is 0 Å². The van der Waals surface area contributed by atoms with E-state index in [1.807, 2.05) is 5.32 Å². The van der Waals surface area contributed by atoms with Gasteiger partial charge in [-0.2, -0.15) is 0 Å². The number of carboxylic acids is 2. The van der Waals surface area contributed by atoms with Crippen LogP contribution in [0.5, 0.6) is 0 Å². The van der Waals surface area contributed by atoms with Crippen molar-refractivity contribution in [2.24, 2.45) is 5.73 Å². The summed E-state index contributed by atoms with van der Waals surface area (Å²) in [6.07, 6.45) is -2.03. The zero-order chi connectivity index (χ0) is 17.4. The van der Waals surface area contributed by atoms with Gasteiger partial charge in [0.1, 0.15) is 6.04 Å². The van der Waals surface area contributed by atoms with E-state index < -0.39 is 54.4 Å². The number of nitrogens with one attached hydrogen (secondary N) is 2. The largest absolute Gasteiger partial charge is 0.481 e. The second-order valence-electron chi connectivity index (χ2n) is 4.85. The lowest BCUT2D eigenvalue weighted by molar-refractivity contribution is -0.145. The second-order valence-corrected chi connectivity index (χ2v) is 4.85. The van der Waals surface area contributed by atoms with Gasteiger partial charge in [0.05, 0.1) is 12.1 Å². The topological polar surface area (TPSA) is 179 Å². The molecule has 0 saturated heterocycles. The van der Waals surface area contributed by atoms with E-state index in [1.54, 1.807) is 0 Å². The number of aliphatic hydroxyl groups excluding tert-OH is 1. The zero-order valence-corrected chi connectivity index (χ0v) is 12.3. The minimum Gasteiger partial charge on any atom is -0.481 e. The number of nitrogens with two attached hydrogens (primary N) is 1. The van der Waals surface area contributed by atoms with Crippen molar-refractivity contribution in [2.75, 3.05) is 0 Å². The van der Waals surface area contributed by atoms with Crippen LogP contribution in [0.2, 0.25) is 0 Å². The molecule has 0 aliphatic rings. The smallest absolute Gasteiger partial charge is 0.328 e. The molecule has 22 heavy (non-hydrogen) atoms. The summed E-state index contributed by atoms with van der Waals surface area (Å²) in [5, 5.41) is 31.1. The molecule has 7 N–H and O–H groups in total. The Balaban J connectivity index is 4.97. The lowest BCUT2D eigenvalue weighted by atomic mass is 10.1. The molecular formula is C12H21N3O7. The molecule has 10 heteroatoms. The van der Waals surface area contributed by atoms with E-state index in [4.69, 9.17) is 15.9 Å². The van der Waals surface area contributed by atoms with Crippen LogP contribution < -0.4 is 16.4 Å². The molecule has 10 nitrogen and oxygen atoms in total. The first-order valence-electron chi connectivity index (χ1n) is 6.55. The van der Waals surface area contributed by atoms with Crippen molar-refractivity contribution < 1.29 is 34.5 Å². The number of carbonyl (C=O) groups is 4. The summed E-state index contributed by atoms with van der Waals surface area (Å²) in [5.41, 5.74) is 5.34. The lowest BCUT2D eigenvalue weighted by Gasteiger charge is -2.23. The molecule has 0 saturated carbocycles. The molecule has 0 bridgehead atoms. The highest BCUT2D eigenvalue weighted by Gasteiger charge is 2.30. The summed E-state index contributed by atoms with van der Waals surface area (Å²) >= 11 is 0. The van der Waals surface area contributed by atoms with Crippen LogP contribution >= 0.6 is 0 Å². The van der Waals surface area contributed by atoms with Crippen molar-refractivity contribution >= 4 is 23.8 Å². The summed E-state index contributed by atoms with van der Waals surface area (Å²) in [7, 11) is 0. The van der Waals surface area contributed by atoms with E-state index in [-0.39, 0.29) is 6.42 Å². The Labute approximate surface area is 126 Å². The van der Waals surface area contributed by atoms with Gasteiger partial charge in [-0.05, 0) is 20.3 Å². The molecule has 2 amide bonds. The first-order chi connectivity index (χ1) is 10.1. The van der Waals surface area contributed by atoms with Crippen molar-refractivity contribution in [3.63, 3.8) is 0 Å². The SMILES string of the molecule is C[C@H](N)C(=O)N[C@@H](CCC(=O)O)C(=O)N[C@H](C(=O)O)[C@@H](C)O. The standard InChI is InChI=1S/C12H21N3O7/c1-5(13)10(19)14-7(3-4-8(17)18)11(20)15-9(6(2)16)12(21)22/h5-7,9,16H,3-4,13H2,1-2H3,(H,14,19)(H,15,20)(H,17,18)(H,21,22)/t5-,6+,7-,9-/m0/s1. The van der Waals surface area contributed by atoms with Gasteiger partial charge in [0.25, 0.3) is 0 Å². The molecular weight excluding hydrogens is 298 g/mol. The highest BCUT2D eigenvalue weighted by molar-refractivity contribution is 5.92. The Kier molecular flexibility index (Phi) is 8.05. The summed E-state index contributed by atoms with van der Waals surface area (Å²) in [5.74, 6) is -4.24. The number of carboxylic acid groups (broad SMARTS) is 2. The number of rotatable bonds is 9. The number of hydrogen-bond donors (Lipinski definition) is 6. The number of carbonyl (C=O) groups excluding carboxylic acids is 2. The predicted molar refractivity (Wildman–Crippen MR) is 73.7 cm³/mol. The maximum Gasteiger partial charge on any atom is 0.328 e. The van der Waals surface area contributed by atoms with Crippen LogP contribution in [-0.4, -0.2) is 63.3 Å². The number of hydrogen-bond acceptors (Lipinski definition) is 6. The van der Waals surface area contributed by atoms with Crippen LogP contribution in [0.25, 0.3) is 0 Å². The van der Waals surface area contributed by atoms with Gasteiger partial charge in [-0.15, -0.1) is 0 Å². The Hall–Kier alpha value is -2.20. The molecule has 0 heterocycles. The maximum absolute atomic E-state index is 12.0. The third-order valence-electron chi connectivity index (χ3n) is 2.74. The maximum atomic E-state index is 12.0. The number of aliphatic hydroxyl groups is 1. The number of amides is 2. The quantitative estimate of drug-likeness (QED) is 0.273. The molecule has 0 aromatic carbocycles. The van der Waals surface area contributed by atoms with Gasteiger partial charge < -0.3 is 31.7 Å². The molecule has 0 aliphatic heterocycles. The summed E-state index contributed by atoms with van der Waals surface area (Å²) in [6.45, 7) is 2.54. The zero-order valence-electron chi connectivity index (χ0n) is 12.3. The highest BCUT2D eigenvalue weighted by atomic mass is 16.4. The molecule has 0 radical (unpaired) electrons. The highest BCUT2D eigenvalue weighted by Crippen LogP contribution is 2.02. The van der Waals surface area contributed by atoms with Crippen LogP contribution in [0.15, 0.2) is 0 Å². The van der Waals surface area contributed by atoms with Crippen LogP contribution in [0, 0.1) is 0 Å². The molecule has 0 rings (SSSR count). The van der Waals surface area contributed by atoms with E-state index >= 15 is 0 Å². The third kappa shape index (κ3) is 6.99. The van der Waals surface area contributed by atoms with E-state index in [2.05, 4.69) is 5.32 Å². The van der Waals surface area contributed by atoms with Gasteiger partial charge in [-0.1, -0.05) is 0 Å². The fraction of sp³-hybridized carbons (Fsp3) is 0.667. The first-order valence-corrected chi connectivity index (χ1v) is 6.55. The van der Waals surface area contributed by atoms with Gasteiger partial charge in [-0.3, -0.25) is 14.4 Å². The van der Waals surface area contributed by atoms with Gasteiger partial charge in [0, 0.05) is 6.42 Å². The normalized spacial score (nSPS) is 16.0. The Morgan fingerprint density at radius 1 is 1.05 bits per heavy atom. The van der Waals surface area contributed by atoms with E-state index in [0.29, 0.717) is 0 Å². The second kappa shape index (κ2) is 8.95. The van der Waals surface area contributed by atoms with Crippen molar-refractivity contribution in [1.82, 2.24) is 10.6 Å². The molecule has 126 valence electrons. The summed E-state index contributed by atoms with van der Waals surface area (Å²) in [6, 6.07) is -3.77. The van der Waals surface area contributed by atoms with Gasteiger partial charge in [0.2, 0.25) is 11.8 Å². The molecule has 0 aromatic heterocycles. The van der Waals surface area contributed by atoms with Crippen molar-refractivity contribution in [1.29, 1.82) is 0 Å². The molecule has 0 spiro atoms. The molecule has 0 aliphatic carbocycles. The minimum atomic E-state index is -1.58. The lowest BCUT2D eigenvalue weighted by Crippen LogP contribution is -2.56. The summed E-state index contributed by atoms with van der Waals surface area (Å²) in [4.78, 5) is 45.0. The Bertz CT molecular complexity index is 436. The van der Waals surface area contributed by atoms with E-state index in [9.17, 15) is 24.3 Å². The fourth-order valence-electron chi connectivity index (χ4n) is 1.48. The van der Waals surface area contributed by atoms with E-state index in [1.165, 1.54) is 13.8 Å². The predicted octanol–water partition coefficient (Wildman–Crippen LogP) is -2.37. The van der Waals surface area contributed by atoms with Crippen molar-refractivity contribution in [3.05, 3.63) is 0 Å². The summed E-state index contributed by atoms with van der Waals surface area (Å²) < 4.78 is 0. The Morgan fingerprint density at radius 3 is 1.95 bits per heavy atom. The first kappa shape index (κ1) is 19.8. The average molecular weight is 319 g/mol. The van der Waals surface area contributed by atoms with Gasteiger partial charge >= 0.3 is 11.9 Å². The average Bonchev–Trinajstić information content (AvgIpc) is 2.38. The van der Waals surface area contributed by atoms with E-state index in [0.717, 1.165) is 0 Å². The van der Waals surface area contributed by atoms with Crippen LogP contribution in [-0.2, 0) is 19.2 Å². The molecule has 0 unspecified atom stereocenters. The third-order valence-corrected chi connectivity index (χ3v) is 2.74. The minimum absolute atomic E-state index is 0.244. The van der Waals surface area contributed by atoms with Gasteiger partial charge in [0.15, 0.2) is 6.04 Å². The molecule has 0 aromatic rings. The fourth-order valence-corrected chi connectivity index (χ4v) is 1.48. The monoisotopic (exact) mass is 319 g/mol. The molecule has 0 fully saturated rings. The van der Waals surface area contributed by atoms with Gasteiger partial charge in [-0.25, -0.2) is 4.79 Å².